The minimum absolute atomic E-state index is 0.133. The number of phenols is 1. The van der Waals surface area contributed by atoms with E-state index in [2.05, 4.69) is 5.32 Å². The number of hydrogen-bond donors (Lipinski definition) is 2. The zero-order chi connectivity index (χ0) is 23.1. The number of phenolic OH excluding ortho intramolecular Hbond substituents is 1. The molecular weight excluding hydrogens is 392 g/mol. The number of nitrogens with one attached hydrogen (secondary N) is 1. The number of hydrogen-bond acceptors (Lipinski definition) is 4. The molecule has 6 heteroatoms. The number of anilines is 1. The molecule has 0 saturated carbocycles. The van der Waals surface area contributed by atoms with E-state index in [4.69, 9.17) is 0 Å². The van der Waals surface area contributed by atoms with Gasteiger partial charge in [-0.15, -0.1) is 0 Å². The summed E-state index contributed by atoms with van der Waals surface area (Å²) in [7, 11) is 0. The summed E-state index contributed by atoms with van der Waals surface area (Å²) in [6.45, 7) is 12.0. The van der Waals surface area contributed by atoms with Gasteiger partial charge in [-0.1, -0.05) is 71.9 Å². The lowest BCUT2D eigenvalue weighted by Crippen LogP contribution is -2.58. The number of rotatable bonds is 3. The van der Waals surface area contributed by atoms with Gasteiger partial charge in [-0.2, -0.15) is 0 Å². The quantitative estimate of drug-likeness (QED) is 0.717. The number of para-hydroxylation sites is 1. The molecule has 1 aliphatic rings. The highest BCUT2D eigenvalue weighted by atomic mass is 16.3. The fourth-order valence-electron chi connectivity index (χ4n) is 3.81. The van der Waals surface area contributed by atoms with E-state index in [0.29, 0.717) is 5.69 Å². The van der Waals surface area contributed by atoms with Crippen LogP contribution in [0.3, 0.4) is 0 Å². The number of nitrogens with zero attached hydrogens (tertiary/aromatic N) is 1. The zero-order valence-corrected chi connectivity index (χ0v) is 18.9. The van der Waals surface area contributed by atoms with Crippen molar-refractivity contribution in [1.29, 1.82) is 0 Å². The van der Waals surface area contributed by atoms with E-state index in [1.807, 2.05) is 53.7 Å². The van der Waals surface area contributed by atoms with Gasteiger partial charge < -0.3 is 5.11 Å². The van der Waals surface area contributed by atoms with Gasteiger partial charge in [0.2, 0.25) is 11.8 Å². The van der Waals surface area contributed by atoms with Crippen LogP contribution in [0.2, 0.25) is 0 Å². The van der Waals surface area contributed by atoms with Crippen LogP contribution in [0.4, 0.5) is 10.5 Å². The van der Waals surface area contributed by atoms with Crippen molar-refractivity contribution in [2.75, 3.05) is 4.90 Å². The molecule has 0 radical (unpaired) electrons. The van der Waals surface area contributed by atoms with Crippen molar-refractivity contribution in [2.24, 2.45) is 5.92 Å². The van der Waals surface area contributed by atoms with E-state index >= 15 is 0 Å². The molecule has 2 N–H and O–H groups in total. The molecular formula is C25H30N2O4. The van der Waals surface area contributed by atoms with Crippen LogP contribution in [0.15, 0.2) is 42.5 Å². The van der Waals surface area contributed by atoms with Crippen LogP contribution >= 0.6 is 0 Å². The summed E-state index contributed by atoms with van der Waals surface area (Å²) < 4.78 is 0. The Morgan fingerprint density at radius 3 is 1.90 bits per heavy atom. The standard InChI is InChI=1S/C25H30N2O4/c1-24(2,3)18-13-15(14-19(20(18)28)25(4,5)6)12-17-21(29)26-23(31)27(22(17)30)16-10-8-7-9-11-16/h7-11,13-14,17,28H,12H2,1-6H3,(H,26,29,31). The van der Waals surface area contributed by atoms with E-state index in [9.17, 15) is 19.5 Å². The first-order valence-corrected chi connectivity index (χ1v) is 10.4. The summed E-state index contributed by atoms with van der Waals surface area (Å²) >= 11 is 0. The van der Waals surface area contributed by atoms with Crippen molar-refractivity contribution in [1.82, 2.24) is 5.32 Å². The first-order chi connectivity index (χ1) is 14.3. The molecule has 6 nitrogen and oxygen atoms in total. The van der Waals surface area contributed by atoms with E-state index in [-0.39, 0.29) is 23.0 Å². The number of carbonyl (C=O) groups is 3. The molecule has 4 amide bonds. The lowest BCUT2D eigenvalue weighted by atomic mass is 9.77. The highest BCUT2D eigenvalue weighted by molar-refractivity contribution is 6.27. The van der Waals surface area contributed by atoms with Crippen LogP contribution in [0.1, 0.15) is 58.2 Å². The lowest BCUT2D eigenvalue weighted by Gasteiger charge is -2.31. The van der Waals surface area contributed by atoms with Crippen LogP contribution in [0.5, 0.6) is 5.75 Å². The Balaban J connectivity index is 2.03. The molecule has 1 atom stereocenters. The first kappa shape index (κ1) is 22.5. The van der Waals surface area contributed by atoms with E-state index < -0.39 is 23.8 Å². The van der Waals surface area contributed by atoms with E-state index in [1.54, 1.807) is 30.3 Å². The number of urea groups is 1. The Hall–Kier alpha value is -3.15. The van der Waals surface area contributed by atoms with Gasteiger partial charge in [0, 0.05) is 0 Å². The predicted octanol–water partition coefficient (Wildman–Crippen LogP) is 4.43. The van der Waals surface area contributed by atoms with Crippen molar-refractivity contribution < 1.29 is 19.5 Å². The van der Waals surface area contributed by atoms with Gasteiger partial charge in [0.15, 0.2) is 0 Å². The highest BCUT2D eigenvalue weighted by Gasteiger charge is 2.41. The number of amides is 4. The Morgan fingerprint density at radius 2 is 1.42 bits per heavy atom. The van der Waals surface area contributed by atoms with Crippen molar-refractivity contribution in [3.8, 4) is 5.75 Å². The monoisotopic (exact) mass is 422 g/mol. The summed E-state index contributed by atoms with van der Waals surface area (Å²) in [6, 6.07) is 11.5. The molecule has 31 heavy (non-hydrogen) atoms. The van der Waals surface area contributed by atoms with Crippen LogP contribution in [0, 0.1) is 5.92 Å². The molecule has 0 spiro atoms. The predicted molar refractivity (Wildman–Crippen MR) is 120 cm³/mol. The Morgan fingerprint density at radius 1 is 0.903 bits per heavy atom. The molecule has 164 valence electrons. The van der Waals surface area contributed by atoms with Crippen molar-refractivity contribution in [3.63, 3.8) is 0 Å². The molecule has 2 aromatic carbocycles. The van der Waals surface area contributed by atoms with Gasteiger partial charge in [-0.05, 0) is 46.1 Å². The van der Waals surface area contributed by atoms with Gasteiger partial charge >= 0.3 is 6.03 Å². The summed E-state index contributed by atoms with van der Waals surface area (Å²) in [4.78, 5) is 39.2. The van der Waals surface area contributed by atoms with Gasteiger partial charge in [-0.3, -0.25) is 14.9 Å². The SMILES string of the molecule is CC(C)(C)c1cc(CC2C(=O)NC(=O)N(c3ccccc3)C2=O)cc(C(C)(C)C)c1O. The van der Waals surface area contributed by atoms with Crippen molar-refractivity contribution in [3.05, 3.63) is 59.2 Å². The maximum absolute atomic E-state index is 13.2. The van der Waals surface area contributed by atoms with E-state index in [1.165, 1.54) is 0 Å². The van der Waals surface area contributed by atoms with Crippen LogP contribution in [0.25, 0.3) is 0 Å². The maximum atomic E-state index is 13.2. The van der Waals surface area contributed by atoms with Crippen LogP contribution in [-0.4, -0.2) is 23.0 Å². The molecule has 0 bridgehead atoms. The van der Waals surface area contributed by atoms with Gasteiger partial charge in [-0.25, -0.2) is 9.69 Å². The fraction of sp³-hybridized carbons (Fsp3) is 0.400. The smallest absolute Gasteiger partial charge is 0.335 e. The summed E-state index contributed by atoms with van der Waals surface area (Å²) in [6.07, 6.45) is 0.133. The molecule has 1 saturated heterocycles. The van der Waals surface area contributed by atoms with Gasteiger partial charge in [0.1, 0.15) is 11.7 Å². The second-order valence-corrected chi connectivity index (χ2v) is 10.1. The fourth-order valence-corrected chi connectivity index (χ4v) is 3.81. The summed E-state index contributed by atoms with van der Waals surface area (Å²) in [5.41, 5.74) is 2.04. The Kier molecular flexibility index (Phi) is 5.70. The third-order valence-corrected chi connectivity index (χ3v) is 5.51. The zero-order valence-electron chi connectivity index (χ0n) is 18.9. The maximum Gasteiger partial charge on any atom is 0.335 e. The first-order valence-electron chi connectivity index (χ1n) is 10.4. The Labute approximate surface area is 183 Å². The molecule has 3 rings (SSSR count). The number of imide groups is 2. The minimum atomic E-state index is -1.04. The van der Waals surface area contributed by atoms with Crippen molar-refractivity contribution >= 4 is 23.5 Å². The molecule has 1 fully saturated rings. The van der Waals surface area contributed by atoms with Crippen LogP contribution in [-0.2, 0) is 26.8 Å². The van der Waals surface area contributed by atoms with Gasteiger partial charge in [0.05, 0.1) is 5.69 Å². The third-order valence-electron chi connectivity index (χ3n) is 5.51. The highest BCUT2D eigenvalue weighted by Crippen LogP contribution is 2.40. The van der Waals surface area contributed by atoms with Gasteiger partial charge in [0.25, 0.3) is 0 Å². The third kappa shape index (κ3) is 4.48. The van der Waals surface area contributed by atoms with Crippen molar-refractivity contribution in [2.45, 2.75) is 58.8 Å². The molecule has 1 aliphatic heterocycles. The second kappa shape index (κ2) is 7.84. The number of carbonyl (C=O) groups excluding carboxylic acids is 3. The molecule has 0 aromatic heterocycles. The van der Waals surface area contributed by atoms with E-state index in [0.717, 1.165) is 21.6 Å². The lowest BCUT2D eigenvalue weighted by molar-refractivity contribution is -0.134. The summed E-state index contributed by atoms with van der Waals surface area (Å²) in [5.74, 6) is -1.96. The van der Waals surface area contributed by atoms with Crippen LogP contribution < -0.4 is 10.2 Å². The topological polar surface area (TPSA) is 86.7 Å². The molecule has 0 aliphatic carbocycles. The largest absolute Gasteiger partial charge is 0.507 e. The Bertz CT molecular complexity index is 995. The normalized spacial score (nSPS) is 17.7. The number of aromatic hydroxyl groups is 1. The molecule has 1 heterocycles. The minimum Gasteiger partial charge on any atom is -0.507 e. The molecule has 2 aromatic rings. The number of benzene rings is 2. The molecule has 1 unspecified atom stereocenters. The second-order valence-electron chi connectivity index (χ2n) is 10.1. The average Bonchev–Trinajstić information content (AvgIpc) is 2.65. The summed E-state index contributed by atoms with van der Waals surface area (Å²) in [5, 5.41) is 13.2. The number of barbiturate groups is 1. The average molecular weight is 423 g/mol.